The molecule has 0 saturated carbocycles. The molecule has 1 unspecified atom stereocenters. The second-order valence-electron chi connectivity index (χ2n) is 3.84. The van der Waals surface area contributed by atoms with Gasteiger partial charge in [-0.1, -0.05) is 11.6 Å². The Bertz CT molecular complexity index is 553. The standard InChI is InChI=1S/C11H12Br2ClN3OS/c1-18-3-2-17-10(7(14)5-16-17)9(15)8-4-6(12)11(13)19-8/h4-5,9H,2-3,15H2,1H3. The molecule has 2 rings (SSSR count). The van der Waals surface area contributed by atoms with Crippen LogP contribution in [-0.4, -0.2) is 23.5 Å². The predicted octanol–water partition coefficient (Wildman–Crippen LogP) is 3.82. The van der Waals surface area contributed by atoms with E-state index in [1.165, 1.54) is 0 Å². The van der Waals surface area contributed by atoms with Gasteiger partial charge in [-0.2, -0.15) is 5.10 Å². The van der Waals surface area contributed by atoms with Crippen molar-refractivity contribution in [3.8, 4) is 0 Å². The molecule has 0 aromatic carbocycles. The van der Waals surface area contributed by atoms with Gasteiger partial charge in [-0.15, -0.1) is 11.3 Å². The van der Waals surface area contributed by atoms with E-state index in [2.05, 4.69) is 37.0 Å². The lowest BCUT2D eigenvalue weighted by Crippen LogP contribution is -2.18. The van der Waals surface area contributed by atoms with Crippen LogP contribution in [0.15, 0.2) is 20.5 Å². The molecule has 4 nitrogen and oxygen atoms in total. The Morgan fingerprint density at radius 1 is 1.58 bits per heavy atom. The molecular weight excluding hydrogens is 417 g/mol. The first-order chi connectivity index (χ1) is 9.04. The van der Waals surface area contributed by atoms with Crippen LogP contribution >= 0.6 is 54.8 Å². The van der Waals surface area contributed by atoms with E-state index in [0.717, 1.165) is 18.8 Å². The quantitative estimate of drug-likeness (QED) is 0.786. The third kappa shape index (κ3) is 3.40. The fourth-order valence-corrected chi connectivity index (χ4v) is 4.04. The van der Waals surface area contributed by atoms with E-state index in [0.29, 0.717) is 18.2 Å². The van der Waals surface area contributed by atoms with E-state index in [1.54, 1.807) is 29.3 Å². The number of halogens is 3. The van der Waals surface area contributed by atoms with Gasteiger partial charge in [-0.3, -0.25) is 4.68 Å². The molecule has 0 spiro atoms. The highest BCUT2D eigenvalue weighted by Crippen LogP contribution is 2.38. The summed E-state index contributed by atoms with van der Waals surface area (Å²) >= 11 is 14.7. The Morgan fingerprint density at radius 3 is 2.89 bits per heavy atom. The maximum atomic E-state index is 6.30. The zero-order valence-corrected chi connectivity index (χ0v) is 14.8. The average Bonchev–Trinajstić information content (AvgIpc) is 2.90. The number of nitrogens with zero attached hydrogens (tertiary/aromatic N) is 2. The smallest absolute Gasteiger partial charge is 0.0843 e. The minimum Gasteiger partial charge on any atom is -0.383 e. The molecule has 0 bridgehead atoms. The number of hydrogen-bond acceptors (Lipinski definition) is 4. The van der Waals surface area contributed by atoms with Crippen LogP contribution in [0.25, 0.3) is 0 Å². The van der Waals surface area contributed by atoms with Crippen molar-refractivity contribution in [3.05, 3.63) is 36.1 Å². The van der Waals surface area contributed by atoms with Crippen LogP contribution in [0.2, 0.25) is 5.02 Å². The van der Waals surface area contributed by atoms with Gasteiger partial charge >= 0.3 is 0 Å². The number of methoxy groups -OCH3 is 1. The molecule has 2 N–H and O–H groups in total. The first kappa shape index (κ1) is 15.5. The van der Waals surface area contributed by atoms with Crippen molar-refractivity contribution in [2.75, 3.05) is 13.7 Å². The highest BCUT2D eigenvalue weighted by molar-refractivity contribution is 9.13. The van der Waals surface area contributed by atoms with Crippen LogP contribution in [-0.2, 0) is 11.3 Å². The molecule has 2 aromatic heterocycles. The van der Waals surface area contributed by atoms with Crippen LogP contribution in [0.3, 0.4) is 0 Å². The first-order valence-electron chi connectivity index (χ1n) is 5.45. The number of hydrogen-bond donors (Lipinski definition) is 1. The summed E-state index contributed by atoms with van der Waals surface area (Å²) in [6, 6.07) is 1.68. The molecule has 19 heavy (non-hydrogen) atoms. The monoisotopic (exact) mass is 427 g/mol. The molecule has 0 aliphatic rings. The number of ether oxygens (including phenoxy) is 1. The Morgan fingerprint density at radius 2 is 2.32 bits per heavy atom. The summed E-state index contributed by atoms with van der Waals surface area (Å²) in [4.78, 5) is 1.01. The molecule has 0 radical (unpaired) electrons. The molecule has 0 amide bonds. The molecule has 104 valence electrons. The third-order valence-corrected chi connectivity index (χ3v) is 6.24. The number of aromatic nitrogens is 2. The zero-order valence-electron chi connectivity index (χ0n) is 10.1. The minimum absolute atomic E-state index is 0.306. The van der Waals surface area contributed by atoms with Crippen molar-refractivity contribution in [1.82, 2.24) is 9.78 Å². The molecule has 0 saturated heterocycles. The molecule has 2 aromatic rings. The molecule has 8 heteroatoms. The van der Waals surface area contributed by atoms with Crippen LogP contribution in [0.5, 0.6) is 0 Å². The summed E-state index contributed by atoms with van der Waals surface area (Å²) < 4.78 is 8.85. The van der Waals surface area contributed by atoms with E-state index < -0.39 is 0 Å². The Kier molecular flexibility index (Phi) is 5.45. The molecule has 0 aliphatic heterocycles. The van der Waals surface area contributed by atoms with Crippen molar-refractivity contribution < 1.29 is 4.74 Å². The lowest BCUT2D eigenvalue weighted by atomic mass is 10.2. The second kappa shape index (κ2) is 6.69. The minimum atomic E-state index is -0.306. The van der Waals surface area contributed by atoms with Crippen molar-refractivity contribution in [1.29, 1.82) is 0 Å². The SMILES string of the molecule is COCCn1ncc(Cl)c1C(N)c1cc(Br)c(Br)s1. The van der Waals surface area contributed by atoms with Gasteiger partial charge < -0.3 is 10.5 Å². The van der Waals surface area contributed by atoms with Crippen molar-refractivity contribution in [2.24, 2.45) is 5.73 Å². The van der Waals surface area contributed by atoms with E-state index in [-0.39, 0.29) is 6.04 Å². The van der Waals surface area contributed by atoms with Crippen LogP contribution < -0.4 is 5.73 Å². The number of nitrogens with two attached hydrogens (primary N) is 1. The van der Waals surface area contributed by atoms with Crippen LogP contribution in [0.4, 0.5) is 0 Å². The van der Waals surface area contributed by atoms with E-state index in [4.69, 9.17) is 22.1 Å². The molecule has 0 fully saturated rings. The topological polar surface area (TPSA) is 53.1 Å². The summed E-state index contributed by atoms with van der Waals surface area (Å²) in [5.41, 5.74) is 7.10. The summed E-state index contributed by atoms with van der Waals surface area (Å²) in [6.07, 6.45) is 1.62. The van der Waals surface area contributed by atoms with Crippen molar-refractivity contribution in [3.63, 3.8) is 0 Å². The Labute approximate surface area is 137 Å². The van der Waals surface area contributed by atoms with Gasteiger partial charge in [0.15, 0.2) is 0 Å². The molecule has 2 heterocycles. The third-order valence-electron chi connectivity index (χ3n) is 2.61. The molecular formula is C11H12Br2ClN3OS. The van der Waals surface area contributed by atoms with Gasteiger partial charge in [0, 0.05) is 16.5 Å². The number of rotatable bonds is 5. The first-order valence-corrected chi connectivity index (χ1v) is 8.23. The Hall–Kier alpha value is 0.0800. The van der Waals surface area contributed by atoms with Gasteiger partial charge in [-0.25, -0.2) is 0 Å². The van der Waals surface area contributed by atoms with Crippen LogP contribution in [0.1, 0.15) is 16.6 Å². The maximum Gasteiger partial charge on any atom is 0.0843 e. The summed E-state index contributed by atoms with van der Waals surface area (Å²) in [7, 11) is 1.65. The summed E-state index contributed by atoms with van der Waals surface area (Å²) in [5.74, 6) is 0. The van der Waals surface area contributed by atoms with E-state index in [1.807, 2.05) is 6.07 Å². The van der Waals surface area contributed by atoms with Crippen LogP contribution in [0, 0.1) is 0 Å². The average molecular weight is 430 g/mol. The normalized spacial score (nSPS) is 12.9. The highest BCUT2D eigenvalue weighted by Gasteiger charge is 2.21. The summed E-state index contributed by atoms with van der Waals surface area (Å²) in [5, 5.41) is 4.81. The predicted molar refractivity (Wildman–Crippen MR) is 84.9 cm³/mol. The van der Waals surface area contributed by atoms with Gasteiger partial charge in [0.25, 0.3) is 0 Å². The number of thiophene rings is 1. The fraction of sp³-hybridized carbons (Fsp3) is 0.364. The second-order valence-corrected chi connectivity index (χ2v) is 7.50. The van der Waals surface area contributed by atoms with E-state index in [9.17, 15) is 0 Å². The lowest BCUT2D eigenvalue weighted by molar-refractivity contribution is 0.182. The van der Waals surface area contributed by atoms with E-state index >= 15 is 0 Å². The van der Waals surface area contributed by atoms with Crippen molar-refractivity contribution >= 4 is 54.8 Å². The maximum absolute atomic E-state index is 6.30. The van der Waals surface area contributed by atoms with Gasteiger partial charge in [-0.05, 0) is 37.9 Å². The lowest BCUT2D eigenvalue weighted by Gasteiger charge is -2.13. The zero-order chi connectivity index (χ0) is 14.0. The van der Waals surface area contributed by atoms with Gasteiger partial charge in [0.2, 0.25) is 0 Å². The van der Waals surface area contributed by atoms with Crippen molar-refractivity contribution in [2.45, 2.75) is 12.6 Å². The fourth-order valence-electron chi connectivity index (χ4n) is 1.69. The largest absolute Gasteiger partial charge is 0.383 e. The molecule has 1 atom stereocenters. The molecule has 0 aliphatic carbocycles. The Balaban J connectivity index is 2.32. The van der Waals surface area contributed by atoms with Gasteiger partial charge in [0.05, 0.1) is 39.9 Å². The van der Waals surface area contributed by atoms with Gasteiger partial charge in [0.1, 0.15) is 0 Å². The highest BCUT2D eigenvalue weighted by atomic mass is 79.9. The summed E-state index contributed by atoms with van der Waals surface area (Å²) in [6.45, 7) is 1.19.